The van der Waals surface area contributed by atoms with Gasteiger partial charge in [0.15, 0.2) is 5.82 Å². The van der Waals surface area contributed by atoms with Crippen LogP contribution in [0.15, 0.2) is 48.9 Å². The van der Waals surface area contributed by atoms with Gasteiger partial charge in [0.1, 0.15) is 11.5 Å². The zero-order chi connectivity index (χ0) is 16.5. The molecule has 0 unspecified atom stereocenters. The van der Waals surface area contributed by atoms with Gasteiger partial charge in [-0.15, -0.1) is 10.2 Å². The third kappa shape index (κ3) is 2.71. The van der Waals surface area contributed by atoms with Gasteiger partial charge in [0.25, 0.3) is 0 Å². The van der Waals surface area contributed by atoms with Crippen LogP contribution < -0.4 is 5.32 Å². The van der Waals surface area contributed by atoms with Gasteiger partial charge in [0.05, 0.1) is 17.9 Å². The van der Waals surface area contributed by atoms with Crippen molar-refractivity contribution < 1.29 is 0 Å². The van der Waals surface area contributed by atoms with Crippen molar-refractivity contribution in [3.63, 3.8) is 0 Å². The molecule has 0 aliphatic heterocycles. The van der Waals surface area contributed by atoms with Gasteiger partial charge in [-0.1, -0.05) is 6.07 Å². The van der Waals surface area contributed by atoms with E-state index in [-0.39, 0.29) is 0 Å². The molecule has 0 saturated carbocycles. The number of anilines is 1. The molecule has 0 spiro atoms. The lowest BCUT2D eigenvalue weighted by Crippen LogP contribution is -2.05. The number of nitrogens with one attached hydrogen (secondary N) is 1. The predicted octanol–water partition coefficient (Wildman–Crippen LogP) is 2.54. The van der Waals surface area contributed by atoms with Gasteiger partial charge in [0.2, 0.25) is 0 Å². The molecule has 0 aliphatic carbocycles. The molecule has 7 heteroatoms. The number of nitrogens with zero attached hydrogens (tertiary/aromatic N) is 6. The Balaban J connectivity index is 1.48. The van der Waals surface area contributed by atoms with Crippen LogP contribution in [-0.4, -0.2) is 29.4 Å². The Morgan fingerprint density at radius 1 is 1.04 bits per heavy atom. The van der Waals surface area contributed by atoms with Crippen LogP contribution in [0.5, 0.6) is 0 Å². The molecule has 0 bridgehead atoms. The van der Waals surface area contributed by atoms with Crippen molar-refractivity contribution in [2.45, 2.75) is 20.4 Å². The Labute approximate surface area is 139 Å². The van der Waals surface area contributed by atoms with E-state index in [1.165, 1.54) is 0 Å². The van der Waals surface area contributed by atoms with Crippen LogP contribution in [0.3, 0.4) is 0 Å². The van der Waals surface area contributed by atoms with Crippen LogP contribution in [0, 0.1) is 13.8 Å². The van der Waals surface area contributed by atoms with Gasteiger partial charge in [-0.2, -0.15) is 5.10 Å². The number of aryl methyl sites for hydroxylation is 2. The molecule has 0 aliphatic rings. The van der Waals surface area contributed by atoms with E-state index in [1.807, 2.05) is 54.2 Å². The first-order valence-corrected chi connectivity index (χ1v) is 7.72. The van der Waals surface area contributed by atoms with Gasteiger partial charge in [-0.05, 0) is 43.7 Å². The average Bonchev–Trinajstić information content (AvgIpc) is 3.20. The van der Waals surface area contributed by atoms with Crippen molar-refractivity contribution in [1.29, 1.82) is 0 Å². The molecule has 120 valence electrons. The van der Waals surface area contributed by atoms with Crippen molar-refractivity contribution in [2.75, 3.05) is 5.32 Å². The van der Waals surface area contributed by atoms with Gasteiger partial charge in [-0.25, -0.2) is 9.67 Å². The minimum Gasteiger partial charge on any atom is -0.363 e. The van der Waals surface area contributed by atoms with E-state index >= 15 is 0 Å². The molecule has 0 radical (unpaired) electrons. The Morgan fingerprint density at radius 2 is 1.96 bits per heavy atom. The Hall–Kier alpha value is -3.22. The topological polar surface area (TPSA) is 72.9 Å². The van der Waals surface area contributed by atoms with Crippen LogP contribution in [0.2, 0.25) is 0 Å². The number of pyridine rings is 1. The zero-order valence-electron chi connectivity index (χ0n) is 13.5. The zero-order valence-corrected chi connectivity index (χ0v) is 13.5. The van der Waals surface area contributed by atoms with E-state index in [1.54, 1.807) is 4.68 Å². The van der Waals surface area contributed by atoms with Crippen LogP contribution in [0.25, 0.3) is 11.5 Å². The summed E-state index contributed by atoms with van der Waals surface area (Å²) in [6.07, 6.45) is 5.88. The summed E-state index contributed by atoms with van der Waals surface area (Å²) in [6.45, 7) is 4.59. The highest BCUT2D eigenvalue weighted by Gasteiger charge is 2.05. The van der Waals surface area contributed by atoms with Gasteiger partial charge in [0, 0.05) is 18.6 Å². The number of fused-ring (bicyclic) bond motifs is 1. The normalized spacial score (nSPS) is 11.1. The summed E-state index contributed by atoms with van der Waals surface area (Å²) in [6, 6.07) is 9.78. The molecule has 0 fully saturated rings. The van der Waals surface area contributed by atoms with Crippen LogP contribution >= 0.6 is 0 Å². The van der Waals surface area contributed by atoms with Crippen LogP contribution in [-0.2, 0) is 6.54 Å². The Morgan fingerprint density at radius 3 is 2.67 bits per heavy atom. The molecule has 4 rings (SSSR count). The first-order valence-electron chi connectivity index (χ1n) is 7.72. The molecule has 4 aromatic heterocycles. The fourth-order valence-electron chi connectivity index (χ4n) is 2.56. The van der Waals surface area contributed by atoms with E-state index < -0.39 is 0 Å². The Kier molecular flexibility index (Phi) is 3.45. The molecule has 1 N–H and O–H groups in total. The fraction of sp³-hybridized carbons (Fsp3) is 0.176. The second kappa shape index (κ2) is 5.77. The smallest absolute Gasteiger partial charge is 0.175 e. The first-order chi connectivity index (χ1) is 11.7. The number of hydrogen-bond acceptors (Lipinski definition) is 5. The molecule has 0 amide bonds. The summed E-state index contributed by atoms with van der Waals surface area (Å²) in [5, 5.41) is 16.0. The summed E-state index contributed by atoms with van der Waals surface area (Å²) in [7, 11) is 0. The third-order valence-corrected chi connectivity index (χ3v) is 3.79. The lowest BCUT2D eigenvalue weighted by Gasteiger charge is -2.04. The summed E-state index contributed by atoms with van der Waals surface area (Å²) in [5.74, 6) is 1.40. The summed E-state index contributed by atoms with van der Waals surface area (Å²) in [5.41, 5.74) is 4.03. The van der Waals surface area contributed by atoms with E-state index in [2.05, 4.69) is 38.6 Å². The van der Waals surface area contributed by atoms with Crippen LogP contribution in [0.1, 0.15) is 17.0 Å². The minimum atomic E-state index is 0.593. The Bertz CT molecular complexity index is 982. The largest absolute Gasteiger partial charge is 0.363 e. The minimum absolute atomic E-state index is 0.593. The monoisotopic (exact) mass is 319 g/mol. The highest BCUT2D eigenvalue weighted by atomic mass is 15.3. The number of aromatic nitrogens is 6. The maximum absolute atomic E-state index is 4.63. The molecular weight excluding hydrogens is 302 g/mol. The highest BCUT2D eigenvalue weighted by molar-refractivity contribution is 5.48. The summed E-state index contributed by atoms with van der Waals surface area (Å²) < 4.78 is 3.73. The van der Waals surface area contributed by atoms with Crippen molar-refractivity contribution in [1.82, 2.24) is 29.4 Å². The van der Waals surface area contributed by atoms with Gasteiger partial charge >= 0.3 is 0 Å². The fourth-order valence-corrected chi connectivity index (χ4v) is 2.56. The molecular formula is C17H17N7. The van der Waals surface area contributed by atoms with E-state index in [9.17, 15) is 0 Å². The van der Waals surface area contributed by atoms with Crippen molar-refractivity contribution in [3.8, 4) is 5.82 Å². The van der Waals surface area contributed by atoms with Crippen molar-refractivity contribution >= 4 is 11.5 Å². The first kappa shape index (κ1) is 14.4. The van der Waals surface area contributed by atoms with E-state index in [0.717, 1.165) is 22.6 Å². The maximum atomic E-state index is 4.63. The summed E-state index contributed by atoms with van der Waals surface area (Å²) in [4.78, 5) is 4.63. The van der Waals surface area contributed by atoms with Gasteiger partial charge < -0.3 is 9.72 Å². The standard InChI is InChI=1S/C17H17N7/c1-12-4-3-8-23-11-14(19-17(12)23)10-18-15-5-6-16(21-20-15)24-9-7-13(2)22-24/h3-9,11H,10H2,1-2H3,(H,18,20). The molecule has 0 atom stereocenters. The predicted molar refractivity (Wildman–Crippen MR) is 91.1 cm³/mol. The lowest BCUT2D eigenvalue weighted by atomic mass is 10.3. The second-order valence-electron chi connectivity index (χ2n) is 5.69. The molecule has 24 heavy (non-hydrogen) atoms. The number of rotatable bonds is 4. The lowest BCUT2D eigenvalue weighted by molar-refractivity contribution is 0.803. The SMILES string of the molecule is Cc1ccn(-c2ccc(NCc3cn4cccc(C)c4n3)nn2)n1. The number of hydrogen-bond donors (Lipinski definition) is 1. The molecule has 4 aromatic rings. The van der Waals surface area contributed by atoms with Gasteiger partial charge in [-0.3, -0.25) is 0 Å². The van der Waals surface area contributed by atoms with Crippen molar-refractivity contribution in [3.05, 3.63) is 65.9 Å². The molecule has 0 aromatic carbocycles. The maximum Gasteiger partial charge on any atom is 0.175 e. The third-order valence-electron chi connectivity index (χ3n) is 3.79. The van der Waals surface area contributed by atoms with Crippen LogP contribution in [0.4, 0.5) is 5.82 Å². The number of imidazole rings is 1. The quantitative estimate of drug-likeness (QED) is 0.626. The molecule has 7 nitrogen and oxygen atoms in total. The van der Waals surface area contributed by atoms with E-state index in [4.69, 9.17) is 0 Å². The van der Waals surface area contributed by atoms with E-state index in [0.29, 0.717) is 18.2 Å². The highest BCUT2D eigenvalue weighted by Crippen LogP contribution is 2.12. The molecule has 0 saturated heterocycles. The molecule has 4 heterocycles. The summed E-state index contributed by atoms with van der Waals surface area (Å²) >= 11 is 0. The van der Waals surface area contributed by atoms with Crippen molar-refractivity contribution in [2.24, 2.45) is 0 Å². The average molecular weight is 319 g/mol. The second-order valence-corrected chi connectivity index (χ2v) is 5.69.